The Morgan fingerprint density at radius 3 is 3.07 bits per heavy atom. The van der Waals surface area contributed by atoms with Gasteiger partial charge in [0.25, 0.3) is 0 Å². The molecule has 0 bridgehead atoms. The Morgan fingerprint density at radius 2 is 2.53 bits per heavy atom. The second kappa shape index (κ2) is 5.97. The molecule has 0 aromatic carbocycles. The van der Waals surface area contributed by atoms with Crippen LogP contribution < -0.4 is 16.6 Å². The van der Waals surface area contributed by atoms with E-state index in [9.17, 15) is 0 Å². The van der Waals surface area contributed by atoms with Crippen molar-refractivity contribution < 1.29 is 0 Å². The van der Waals surface area contributed by atoms with E-state index in [0.717, 1.165) is 18.8 Å². The molecule has 7 heteroatoms. The predicted octanol–water partition coefficient (Wildman–Crippen LogP) is -0.315. The summed E-state index contributed by atoms with van der Waals surface area (Å²) in [5.74, 6) is 6.63. The first kappa shape index (κ1) is 11.4. The SMILES string of the molecule is CCCN=C(NN)NC(C)c1ncn[nH]1. The van der Waals surface area contributed by atoms with Crippen LogP contribution in [0.3, 0.4) is 0 Å². The van der Waals surface area contributed by atoms with Crippen molar-refractivity contribution in [3.8, 4) is 0 Å². The van der Waals surface area contributed by atoms with E-state index in [-0.39, 0.29) is 6.04 Å². The fourth-order valence-electron chi connectivity index (χ4n) is 1.05. The van der Waals surface area contributed by atoms with Gasteiger partial charge < -0.3 is 5.32 Å². The average Bonchev–Trinajstić information content (AvgIpc) is 2.77. The summed E-state index contributed by atoms with van der Waals surface area (Å²) >= 11 is 0. The van der Waals surface area contributed by atoms with E-state index in [1.165, 1.54) is 6.33 Å². The number of H-pyrrole nitrogens is 1. The molecule has 1 heterocycles. The van der Waals surface area contributed by atoms with Crippen molar-refractivity contribution in [2.24, 2.45) is 10.8 Å². The predicted molar refractivity (Wildman–Crippen MR) is 57.8 cm³/mol. The third-order valence-corrected chi connectivity index (χ3v) is 1.83. The highest BCUT2D eigenvalue weighted by molar-refractivity contribution is 5.79. The van der Waals surface area contributed by atoms with Crippen LogP contribution in [-0.4, -0.2) is 27.7 Å². The van der Waals surface area contributed by atoms with Gasteiger partial charge in [-0.25, -0.2) is 10.8 Å². The van der Waals surface area contributed by atoms with Crippen LogP contribution >= 0.6 is 0 Å². The number of aromatic nitrogens is 3. The number of rotatable bonds is 4. The Balaban J connectivity index is 2.52. The van der Waals surface area contributed by atoms with Gasteiger partial charge in [-0.2, -0.15) is 5.10 Å². The van der Waals surface area contributed by atoms with Crippen LogP contribution in [0.5, 0.6) is 0 Å². The van der Waals surface area contributed by atoms with Crippen LogP contribution in [0.4, 0.5) is 0 Å². The molecule has 0 radical (unpaired) electrons. The number of guanidine groups is 1. The summed E-state index contributed by atoms with van der Waals surface area (Å²) in [4.78, 5) is 8.25. The standard InChI is InChI=1S/C8H17N7/c1-3-4-10-8(14-9)13-6(2)7-11-5-12-15-7/h5-6H,3-4,9H2,1-2H3,(H2,10,13,14)(H,11,12,15). The van der Waals surface area contributed by atoms with E-state index in [4.69, 9.17) is 5.84 Å². The molecule has 0 saturated heterocycles. The number of nitrogens with zero attached hydrogens (tertiary/aromatic N) is 3. The fraction of sp³-hybridized carbons (Fsp3) is 0.625. The minimum atomic E-state index is -0.0147. The van der Waals surface area contributed by atoms with Gasteiger partial charge in [-0.3, -0.25) is 15.5 Å². The van der Waals surface area contributed by atoms with Gasteiger partial charge in [0.1, 0.15) is 12.2 Å². The van der Waals surface area contributed by atoms with Gasteiger partial charge in [0, 0.05) is 6.54 Å². The Hall–Kier alpha value is -1.63. The molecule has 5 N–H and O–H groups in total. The molecule has 84 valence electrons. The topological polar surface area (TPSA) is 104 Å². The van der Waals surface area contributed by atoms with Crippen LogP contribution in [0.15, 0.2) is 11.3 Å². The largest absolute Gasteiger partial charge is 0.346 e. The molecule has 7 nitrogen and oxygen atoms in total. The van der Waals surface area contributed by atoms with Crippen molar-refractivity contribution in [2.75, 3.05) is 6.54 Å². The third-order valence-electron chi connectivity index (χ3n) is 1.83. The molecule has 1 atom stereocenters. The maximum Gasteiger partial charge on any atom is 0.206 e. The lowest BCUT2D eigenvalue weighted by Crippen LogP contribution is -2.43. The molecule has 0 spiro atoms. The van der Waals surface area contributed by atoms with E-state index in [0.29, 0.717) is 5.96 Å². The zero-order valence-corrected chi connectivity index (χ0v) is 8.99. The normalized spacial score (nSPS) is 13.7. The Bertz CT molecular complexity index is 292. The second-order valence-corrected chi connectivity index (χ2v) is 3.11. The zero-order valence-electron chi connectivity index (χ0n) is 8.99. The molecule has 0 fully saturated rings. The smallest absolute Gasteiger partial charge is 0.206 e. The molecule has 0 amide bonds. The summed E-state index contributed by atoms with van der Waals surface area (Å²) < 4.78 is 0. The first-order chi connectivity index (χ1) is 7.27. The van der Waals surface area contributed by atoms with Crippen molar-refractivity contribution >= 4 is 5.96 Å². The summed E-state index contributed by atoms with van der Waals surface area (Å²) in [6, 6.07) is -0.0147. The number of hydrogen-bond donors (Lipinski definition) is 4. The minimum absolute atomic E-state index is 0.0147. The highest BCUT2D eigenvalue weighted by atomic mass is 15.3. The molecule has 0 aliphatic carbocycles. The van der Waals surface area contributed by atoms with Gasteiger partial charge in [0.2, 0.25) is 5.96 Å². The fourth-order valence-corrected chi connectivity index (χ4v) is 1.05. The summed E-state index contributed by atoms with van der Waals surface area (Å²) in [5.41, 5.74) is 2.51. The van der Waals surface area contributed by atoms with Crippen molar-refractivity contribution in [3.05, 3.63) is 12.2 Å². The van der Waals surface area contributed by atoms with Gasteiger partial charge >= 0.3 is 0 Å². The number of nitrogens with one attached hydrogen (secondary N) is 3. The van der Waals surface area contributed by atoms with Crippen LogP contribution in [-0.2, 0) is 0 Å². The lowest BCUT2D eigenvalue weighted by atomic mass is 10.3. The molecule has 1 aromatic heterocycles. The monoisotopic (exact) mass is 211 g/mol. The van der Waals surface area contributed by atoms with Gasteiger partial charge in [-0.05, 0) is 13.3 Å². The van der Waals surface area contributed by atoms with E-state index in [1.54, 1.807) is 0 Å². The summed E-state index contributed by atoms with van der Waals surface area (Å²) in [6.45, 7) is 4.73. The number of aliphatic imine (C=N–C) groups is 1. The molecule has 1 unspecified atom stereocenters. The first-order valence-electron chi connectivity index (χ1n) is 4.90. The van der Waals surface area contributed by atoms with E-state index >= 15 is 0 Å². The van der Waals surface area contributed by atoms with E-state index < -0.39 is 0 Å². The number of hydrogen-bond acceptors (Lipinski definition) is 4. The third kappa shape index (κ3) is 3.55. The van der Waals surface area contributed by atoms with Crippen molar-refractivity contribution in [1.82, 2.24) is 25.9 Å². The highest BCUT2D eigenvalue weighted by Gasteiger charge is 2.09. The summed E-state index contributed by atoms with van der Waals surface area (Å²) in [7, 11) is 0. The lowest BCUT2D eigenvalue weighted by molar-refractivity contribution is 0.646. The van der Waals surface area contributed by atoms with E-state index in [2.05, 4.69) is 37.8 Å². The lowest BCUT2D eigenvalue weighted by Gasteiger charge is -2.13. The van der Waals surface area contributed by atoms with Crippen LogP contribution in [0, 0.1) is 0 Å². The quantitative estimate of drug-likeness (QED) is 0.236. The van der Waals surface area contributed by atoms with Gasteiger partial charge in [-0.15, -0.1) is 0 Å². The number of nitrogens with two attached hydrogens (primary N) is 1. The minimum Gasteiger partial charge on any atom is -0.346 e. The average molecular weight is 211 g/mol. The highest BCUT2D eigenvalue weighted by Crippen LogP contribution is 2.02. The Labute approximate surface area is 88.5 Å². The number of hydrazine groups is 1. The molecular weight excluding hydrogens is 194 g/mol. The molecule has 0 aliphatic rings. The molecular formula is C8H17N7. The molecule has 1 rings (SSSR count). The Morgan fingerprint density at radius 1 is 1.73 bits per heavy atom. The first-order valence-corrected chi connectivity index (χ1v) is 4.90. The summed E-state index contributed by atoms with van der Waals surface area (Å²) in [5, 5.41) is 9.63. The summed E-state index contributed by atoms with van der Waals surface area (Å²) in [6.07, 6.45) is 2.44. The van der Waals surface area contributed by atoms with Crippen molar-refractivity contribution in [2.45, 2.75) is 26.3 Å². The molecule has 0 saturated carbocycles. The van der Waals surface area contributed by atoms with Crippen molar-refractivity contribution in [1.29, 1.82) is 0 Å². The van der Waals surface area contributed by atoms with Crippen molar-refractivity contribution in [3.63, 3.8) is 0 Å². The van der Waals surface area contributed by atoms with Gasteiger partial charge in [0.05, 0.1) is 6.04 Å². The molecule has 15 heavy (non-hydrogen) atoms. The zero-order chi connectivity index (χ0) is 11.1. The van der Waals surface area contributed by atoms with Crippen LogP contribution in [0.25, 0.3) is 0 Å². The molecule has 1 aromatic rings. The maximum absolute atomic E-state index is 5.33. The maximum atomic E-state index is 5.33. The Kier molecular flexibility index (Phi) is 4.55. The second-order valence-electron chi connectivity index (χ2n) is 3.11. The van der Waals surface area contributed by atoms with Crippen LogP contribution in [0.1, 0.15) is 32.1 Å². The van der Waals surface area contributed by atoms with Crippen LogP contribution in [0.2, 0.25) is 0 Å². The molecule has 0 aliphatic heterocycles. The van der Waals surface area contributed by atoms with E-state index in [1.807, 2.05) is 6.92 Å². The van der Waals surface area contributed by atoms with Gasteiger partial charge in [0.15, 0.2) is 0 Å². The van der Waals surface area contributed by atoms with Gasteiger partial charge in [-0.1, -0.05) is 6.92 Å². The number of aromatic amines is 1.